The first-order chi connectivity index (χ1) is 25.8. The van der Waals surface area contributed by atoms with Crippen LogP contribution in [0.4, 0.5) is 13.2 Å². The quantitative estimate of drug-likeness (QED) is 0.105. The summed E-state index contributed by atoms with van der Waals surface area (Å²) < 4.78 is 50.2. The van der Waals surface area contributed by atoms with Crippen molar-refractivity contribution in [2.24, 2.45) is 18.9 Å². The molecule has 8 rings (SSSR count). The molecule has 10 heteroatoms. The molecule has 1 saturated carbocycles. The van der Waals surface area contributed by atoms with Crippen LogP contribution in [0.25, 0.3) is 22.4 Å². The summed E-state index contributed by atoms with van der Waals surface area (Å²) in [5.74, 6) is -2.12. The second-order valence-corrected chi connectivity index (χ2v) is 14.0. The number of ketones is 1. The van der Waals surface area contributed by atoms with Gasteiger partial charge >= 0.3 is 0 Å². The van der Waals surface area contributed by atoms with Gasteiger partial charge in [0.1, 0.15) is 34.3 Å². The molecule has 0 amide bonds. The van der Waals surface area contributed by atoms with Crippen LogP contribution < -0.4 is 0 Å². The van der Waals surface area contributed by atoms with E-state index in [2.05, 4.69) is 15.0 Å². The summed E-state index contributed by atoms with van der Waals surface area (Å²) in [6.45, 7) is 0. The van der Waals surface area contributed by atoms with Crippen molar-refractivity contribution >= 4 is 16.8 Å². The van der Waals surface area contributed by atoms with Gasteiger partial charge in [-0.3, -0.25) is 4.79 Å². The number of pyridine rings is 2. The molecular formula is C43H37F3N6O. The van der Waals surface area contributed by atoms with E-state index >= 15 is 13.2 Å². The number of hydrogen-bond acceptors (Lipinski definition) is 5. The number of aryl methyl sites for hydroxylation is 1. The van der Waals surface area contributed by atoms with Crippen LogP contribution in [-0.4, -0.2) is 35.1 Å². The zero-order valence-electron chi connectivity index (χ0n) is 29.2. The second-order valence-electron chi connectivity index (χ2n) is 14.0. The van der Waals surface area contributed by atoms with E-state index in [-0.39, 0.29) is 46.5 Å². The van der Waals surface area contributed by atoms with Gasteiger partial charge < -0.3 is 4.57 Å². The number of imidazole rings is 1. The molecular weight excluding hydrogens is 674 g/mol. The van der Waals surface area contributed by atoms with Gasteiger partial charge in [0.15, 0.2) is 17.2 Å². The minimum Gasteiger partial charge on any atom is -0.340 e. The molecule has 0 N–H and O–H groups in total. The highest BCUT2D eigenvalue weighted by molar-refractivity contribution is 5.94. The summed E-state index contributed by atoms with van der Waals surface area (Å²) in [6, 6.07) is 31.5. The maximum Gasteiger partial charge on any atom is 0.183 e. The van der Waals surface area contributed by atoms with Crippen molar-refractivity contribution in [1.82, 2.24) is 29.3 Å². The van der Waals surface area contributed by atoms with Gasteiger partial charge in [-0.05, 0) is 53.9 Å². The summed E-state index contributed by atoms with van der Waals surface area (Å²) >= 11 is 0. The predicted molar refractivity (Wildman–Crippen MR) is 197 cm³/mol. The number of aromatic nitrogens is 6. The summed E-state index contributed by atoms with van der Waals surface area (Å²) in [7, 11) is 1.82. The summed E-state index contributed by atoms with van der Waals surface area (Å²) in [5.41, 5.74) is 2.14. The third-order valence-electron chi connectivity index (χ3n) is 10.4. The van der Waals surface area contributed by atoms with Gasteiger partial charge in [-0.1, -0.05) is 104 Å². The molecule has 3 aromatic carbocycles. The lowest BCUT2D eigenvalue weighted by Crippen LogP contribution is -2.38. The normalized spacial score (nSPS) is 16.2. The van der Waals surface area contributed by atoms with Gasteiger partial charge in [0, 0.05) is 25.7 Å². The Hall–Kier alpha value is -5.90. The van der Waals surface area contributed by atoms with E-state index in [9.17, 15) is 4.79 Å². The van der Waals surface area contributed by atoms with Gasteiger partial charge in [0.2, 0.25) is 0 Å². The minimum atomic E-state index is -1.13. The van der Waals surface area contributed by atoms with E-state index in [0.29, 0.717) is 24.2 Å². The number of benzene rings is 3. The van der Waals surface area contributed by atoms with E-state index < -0.39 is 23.0 Å². The molecule has 266 valence electrons. The molecule has 7 nitrogen and oxygen atoms in total. The van der Waals surface area contributed by atoms with E-state index in [4.69, 9.17) is 5.10 Å². The number of carbonyl (C=O) groups excluding carboxylic acids is 1. The first-order valence-corrected chi connectivity index (χ1v) is 17.9. The van der Waals surface area contributed by atoms with Crippen molar-refractivity contribution in [2.45, 2.75) is 44.1 Å². The summed E-state index contributed by atoms with van der Waals surface area (Å²) in [5, 5.41) is 5.32. The molecule has 2 atom stereocenters. The Kier molecular flexibility index (Phi) is 9.20. The van der Waals surface area contributed by atoms with Crippen LogP contribution in [0.5, 0.6) is 0 Å². The average molecular weight is 711 g/mol. The van der Waals surface area contributed by atoms with E-state index in [0.717, 1.165) is 48.2 Å². The van der Waals surface area contributed by atoms with Crippen LogP contribution in [0.1, 0.15) is 65.0 Å². The Labute approximate surface area is 305 Å². The van der Waals surface area contributed by atoms with E-state index in [1.165, 1.54) is 6.07 Å². The molecule has 1 fully saturated rings. The van der Waals surface area contributed by atoms with E-state index in [1.807, 2.05) is 98.0 Å². The van der Waals surface area contributed by atoms with Gasteiger partial charge in [-0.15, -0.1) is 0 Å². The van der Waals surface area contributed by atoms with Crippen molar-refractivity contribution in [2.75, 3.05) is 0 Å². The van der Waals surface area contributed by atoms with Gasteiger partial charge in [-0.2, -0.15) is 5.10 Å². The number of carbonyl (C=O) groups is 1. The molecule has 4 heterocycles. The Balaban J connectivity index is 1.23. The number of hydrogen-bond donors (Lipinski definition) is 0. The zero-order valence-corrected chi connectivity index (χ0v) is 29.2. The Morgan fingerprint density at radius 2 is 1.42 bits per heavy atom. The molecule has 4 aromatic heterocycles. The number of rotatable bonds is 10. The van der Waals surface area contributed by atoms with Gasteiger partial charge in [0.05, 0.1) is 23.6 Å². The largest absolute Gasteiger partial charge is 0.340 e. The van der Waals surface area contributed by atoms with Crippen LogP contribution in [0.15, 0.2) is 122 Å². The lowest BCUT2D eigenvalue weighted by atomic mass is 9.77. The monoisotopic (exact) mass is 710 g/mol. The number of Topliss-reactive ketones (excluding diaryl/α,β-unsaturated/α-hetero) is 1. The lowest BCUT2D eigenvalue weighted by Gasteiger charge is -2.36. The van der Waals surface area contributed by atoms with E-state index in [1.54, 1.807) is 21.8 Å². The second kappa shape index (κ2) is 14.3. The number of fused-ring (bicyclic) bond motifs is 1. The smallest absolute Gasteiger partial charge is 0.183 e. The summed E-state index contributed by atoms with van der Waals surface area (Å²) in [6.07, 6.45) is 8.42. The molecule has 0 saturated heterocycles. The highest BCUT2D eigenvalue weighted by Gasteiger charge is 2.42. The molecule has 0 bridgehead atoms. The zero-order chi connectivity index (χ0) is 36.5. The maximum atomic E-state index is 16.1. The molecule has 1 aliphatic carbocycles. The standard InChI is InChI=1S/C43H37F3N6O/c1-51-26-38(48-27-51)39(53)22-29-13-11-12-28(20-29)21-37-35(45)24-36(46)41(49-37)40-34-23-33(44)25-47-42(34)52(50-40)43(30-14-5-2-6-15-30,31-16-7-3-8-17-31)32-18-9-4-10-19-32/h2-10,14-19,23-29H,11-13,20-22H2,1H3/t28-,29+/m0/s1. The SMILES string of the molecule is Cn1cnc(C(=O)C[C@@H]2CCC[C@H](Cc3nc(-c4nn(C(c5ccccc5)(c5ccccc5)c5ccccc5)c5ncc(F)cc45)c(F)cc3F)C2)c1. The number of nitrogens with zero attached hydrogens (tertiary/aromatic N) is 6. The fourth-order valence-corrected chi connectivity index (χ4v) is 8.07. The fraction of sp³-hybridized carbons (Fsp3) is 0.233. The van der Waals surface area contributed by atoms with Crippen LogP contribution >= 0.6 is 0 Å². The molecule has 1 aliphatic rings. The number of halogens is 3. The van der Waals surface area contributed by atoms with Crippen LogP contribution in [0, 0.1) is 29.3 Å². The fourth-order valence-electron chi connectivity index (χ4n) is 8.07. The first-order valence-electron chi connectivity index (χ1n) is 17.9. The Bertz CT molecular complexity index is 2300. The summed E-state index contributed by atoms with van der Waals surface area (Å²) in [4.78, 5) is 26.3. The first kappa shape index (κ1) is 34.2. The van der Waals surface area contributed by atoms with Gasteiger partial charge in [-0.25, -0.2) is 32.8 Å². The average Bonchev–Trinajstić information content (AvgIpc) is 3.78. The van der Waals surface area contributed by atoms with Crippen molar-refractivity contribution in [3.8, 4) is 11.4 Å². The molecule has 0 unspecified atom stereocenters. The highest BCUT2D eigenvalue weighted by atomic mass is 19.1. The van der Waals surface area contributed by atoms with Crippen LogP contribution in [0.3, 0.4) is 0 Å². The Morgan fingerprint density at radius 1 is 0.792 bits per heavy atom. The van der Waals surface area contributed by atoms with Crippen molar-refractivity contribution in [1.29, 1.82) is 0 Å². The molecule has 0 aliphatic heterocycles. The third-order valence-corrected chi connectivity index (χ3v) is 10.4. The highest BCUT2D eigenvalue weighted by Crippen LogP contribution is 2.44. The van der Waals surface area contributed by atoms with Crippen molar-refractivity contribution in [3.63, 3.8) is 0 Å². The molecule has 0 spiro atoms. The topological polar surface area (TPSA) is 78.5 Å². The van der Waals surface area contributed by atoms with Gasteiger partial charge in [0.25, 0.3) is 0 Å². The molecule has 0 radical (unpaired) electrons. The molecule has 7 aromatic rings. The lowest BCUT2D eigenvalue weighted by molar-refractivity contribution is 0.0935. The van der Waals surface area contributed by atoms with Crippen LogP contribution in [-0.2, 0) is 19.0 Å². The minimum absolute atomic E-state index is 0.00878. The molecule has 53 heavy (non-hydrogen) atoms. The maximum absolute atomic E-state index is 16.1. The predicted octanol–water partition coefficient (Wildman–Crippen LogP) is 9.11. The van der Waals surface area contributed by atoms with Crippen LogP contribution in [0.2, 0.25) is 0 Å². The third kappa shape index (κ3) is 6.43. The Morgan fingerprint density at radius 3 is 2.02 bits per heavy atom. The van der Waals surface area contributed by atoms with Crippen molar-refractivity contribution < 1.29 is 18.0 Å². The van der Waals surface area contributed by atoms with Crippen molar-refractivity contribution in [3.05, 3.63) is 167 Å².